The minimum absolute atomic E-state index is 0.171. The first-order chi connectivity index (χ1) is 12.5. The van der Waals surface area contributed by atoms with Gasteiger partial charge in [-0.3, -0.25) is 0 Å². The van der Waals surface area contributed by atoms with Gasteiger partial charge in [0, 0.05) is 31.2 Å². The first-order valence-corrected chi connectivity index (χ1v) is 9.95. The van der Waals surface area contributed by atoms with Crippen LogP contribution in [0.25, 0.3) is 0 Å². The van der Waals surface area contributed by atoms with Crippen LogP contribution in [-0.2, 0) is 4.74 Å². The summed E-state index contributed by atoms with van der Waals surface area (Å²) < 4.78 is 17.8. The molecule has 4 atom stereocenters. The third-order valence-corrected chi connectivity index (χ3v) is 6.03. The Balaban J connectivity index is 0.000000206. The molecule has 5 heteroatoms. The Morgan fingerprint density at radius 3 is 2.15 bits per heavy atom. The van der Waals surface area contributed by atoms with Gasteiger partial charge in [0.2, 0.25) is 0 Å². The minimum Gasteiger partial charge on any atom is -0.378 e. The van der Waals surface area contributed by atoms with Crippen LogP contribution in [0.3, 0.4) is 0 Å². The van der Waals surface area contributed by atoms with E-state index in [9.17, 15) is 4.39 Å². The van der Waals surface area contributed by atoms with Gasteiger partial charge in [-0.1, -0.05) is 17.7 Å². The van der Waals surface area contributed by atoms with Gasteiger partial charge in [0.1, 0.15) is 5.82 Å². The van der Waals surface area contributed by atoms with E-state index in [1.54, 1.807) is 12.1 Å². The SMILES string of the molecule is CNC1COCC(NC2CC3CN(C)CC3C2)C1.Cc1ccc(F)cc1. The lowest BCUT2D eigenvalue weighted by Crippen LogP contribution is -2.49. The van der Waals surface area contributed by atoms with Gasteiger partial charge >= 0.3 is 0 Å². The van der Waals surface area contributed by atoms with Crippen molar-refractivity contribution in [3.05, 3.63) is 35.6 Å². The lowest BCUT2D eigenvalue weighted by Gasteiger charge is -2.32. The first kappa shape index (κ1) is 19.7. The number of hydrogen-bond acceptors (Lipinski definition) is 4. The number of fused-ring (bicyclic) bond motifs is 1. The number of ether oxygens (including phenoxy) is 1. The second kappa shape index (κ2) is 9.27. The number of rotatable bonds is 3. The summed E-state index contributed by atoms with van der Waals surface area (Å²) in [5, 5.41) is 7.17. The van der Waals surface area contributed by atoms with E-state index in [0.29, 0.717) is 12.1 Å². The highest BCUT2D eigenvalue weighted by Crippen LogP contribution is 2.37. The van der Waals surface area contributed by atoms with E-state index >= 15 is 0 Å². The fraction of sp³-hybridized carbons (Fsp3) is 0.714. The standard InChI is InChI=1S/C14H27N3O.C7H7F/c1-15-13-5-14(9-18-8-13)16-12-3-10-6-17(2)7-11(10)4-12;1-6-2-4-7(8)5-3-6/h10-16H,3-9H2,1-2H3;2-5H,1H3. The molecule has 2 saturated heterocycles. The Labute approximate surface area is 157 Å². The van der Waals surface area contributed by atoms with Crippen LogP contribution in [0.5, 0.6) is 0 Å². The Morgan fingerprint density at radius 2 is 1.58 bits per heavy atom. The van der Waals surface area contributed by atoms with Gasteiger partial charge in [0.05, 0.1) is 13.2 Å². The van der Waals surface area contributed by atoms with Crippen molar-refractivity contribution in [2.45, 2.75) is 44.3 Å². The fourth-order valence-electron chi connectivity index (χ4n) is 4.69. The van der Waals surface area contributed by atoms with Crippen molar-refractivity contribution in [3.63, 3.8) is 0 Å². The number of likely N-dealkylation sites (N-methyl/N-ethyl adjacent to an activating group) is 1. The van der Waals surface area contributed by atoms with E-state index in [-0.39, 0.29) is 5.82 Å². The van der Waals surface area contributed by atoms with Crippen molar-refractivity contribution in [1.82, 2.24) is 15.5 Å². The minimum atomic E-state index is -0.171. The highest BCUT2D eigenvalue weighted by molar-refractivity contribution is 5.13. The van der Waals surface area contributed by atoms with Crippen LogP contribution in [0, 0.1) is 24.6 Å². The molecule has 4 unspecified atom stereocenters. The monoisotopic (exact) mass is 363 g/mol. The van der Waals surface area contributed by atoms with Crippen LogP contribution in [0.4, 0.5) is 4.39 Å². The number of likely N-dealkylation sites (tertiary alicyclic amines) is 1. The highest BCUT2D eigenvalue weighted by Gasteiger charge is 2.40. The van der Waals surface area contributed by atoms with E-state index in [4.69, 9.17) is 4.74 Å². The summed E-state index contributed by atoms with van der Waals surface area (Å²) in [6, 6.07) is 8.22. The molecule has 0 radical (unpaired) electrons. The van der Waals surface area contributed by atoms with E-state index in [0.717, 1.165) is 36.7 Å². The summed E-state index contributed by atoms with van der Waals surface area (Å²) in [7, 11) is 4.29. The average Bonchev–Trinajstić information content (AvgIpc) is 3.15. The van der Waals surface area contributed by atoms with Gasteiger partial charge in [-0.2, -0.15) is 0 Å². The molecule has 0 bridgehead atoms. The van der Waals surface area contributed by atoms with Crippen molar-refractivity contribution < 1.29 is 9.13 Å². The summed E-state index contributed by atoms with van der Waals surface area (Å²) >= 11 is 0. The number of nitrogens with zero attached hydrogens (tertiary/aromatic N) is 1. The van der Waals surface area contributed by atoms with Gasteiger partial charge in [-0.15, -0.1) is 0 Å². The maximum Gasteiger partial charge on any atom is 0.123 e. The predicted molar refractivity (Wildman–Crippen MR) is 104 cm³/mol. The summed E-state index contributed by atoms with van der Waals surface area (Å²) in [5.74, 6) is 1.71. The third-order valence-electron chi connectivity index (χ3n) is 6.03. The highest BCUT2D eigenvalue weighted by atomic mass is 19.1. The zero-order valence-electron chi connectivity index (χ0n) is 16.4. The molecule has 3 aliphatic rings. The molecule has 2 aliphatic heterocycles. The lowest BCUT2D eigenvalue weighted by molar-refractivity contribution is 0.0443. The zero-order chi connectivity index (χ0) is 18.5. The van der Waals surface area contributed by atoms with Crippen LogP contribution >= 0.6 is 0 Å². The van der Waals surface area contributed by atoms with Crippen molar-refractivity contribution in [2.75, 3.05) is 40.4 Å². The molecule has 3 fully saturated rings. The summed E-state index contributed by atoms with van der Waals surface area (Å²) in [6.45, 7) is 6.31. The fourth-order valence-corrected chi connectivity index (χ4v) is 4.69. The topological polar surface area (TPSA) is 36.5 Å². The molecule has 2 heterocycles. The molecule has 0 spiro atoms. The molecule has 1 saturated carbocycles. The second-order valence-corrected chi connectivity index (χ2v) is 8.33. The third kappa shape index (κ3) is 5.49. The van der Waals surface area contributed by atoms with Crippen molar-refractivity contribution in [2.24, 2.45) is 11.8 Å². The van der Waals surface area contributed by atoms with Gasteiger partial charge in [0.25, 0.3) is 0 Å². The average molecular weight is 364 g/mol. The summed E-state index contributed by atoms with van der Waals surface area (Å²) in [4.78, 5) is 2.49. The van der Waals surface area contributed by atoms with E-state index in [1.807, 2.05) is 14.0 Å². The molecule has 0 aromatic heterocycles. The predicted octanol–water partition coefficient (Wildman–Crippen LogP) is 2.43. The smallest absolute Gasteiger partial charge is 0.123 e. The lowest BCUT2D eigenvalue weighted by atomic mass is 10.0. The van der Waals surface area contributed by atoms with Crippen molar-refractivity contribution in [3.8, 4) is 0 Å². The molecule has 1 aromatic carbocycles. The largest absolute Gasteiger partial charge is 0.378 e. The number of benzene rings is 1. The maximum atomic E-state index is 12.1. The van der Waals surface area contributed by atoms with Crippen LogP contribution in [0.15, 0.2) is 24.3 Å². The van der Waals surface area contributed by atoms with Crippen LogP contribution in [-0.4, -0.2) is 63.4 Å². The number of halogens is 1. The summed E-state index contributed by atoms with van der Waals surface area (Å²) in [5.41, 5.74) is 1.09. The van der Waals surface area contributed by atoms with E-state index < -0.39 is 0 Å². The Morgan fingerprint density at radius 1 is 0.962 bits per heavy atom. The molecular weight excluding hydrogens is 329 g/mol. The molecule has 2 N–H and O–H groups in total. The van der Waals surface area contributed by atoms with Crippen LogP contribution in [0.1, 0.15) is 24.8 Å². The number of nitrogens with one attached hydrogen (secondary N) is 2. The van der Waals surface area contributed by atoms with Gasteiger partial charge in [0.15, 0.2) is 0 Å². The van der Waals surface area contributed by atoms with Gasteiger partial charge in [-0.25, -0.2) is 4.39 Å². The first-order valence-electron chi connectivity index (χ1n) is 9.95. The van der Waals surface area contributed by atoms with Gasteiger partial charge < -0.3 is 20.3 Å². The van der Waals surface area contributed by atoms with E-state index in [1.165, 1.54) is 44.5 Å². The van der Waals surface area contributed by atoms with Crippen LogP contribution in [0.2, 0.25) is 0 Å². The zero-order valence-corrected chi connectivity index (χ0v) is 16.4. The molecule has 4 nitrogen and oxygen atoms in total. The Bertz CT molecular complexity index is 518. The molecule has 0 amide bonds. The Hall–Kier alpha value is -1.01. The second-order valence-electron chi connectivity index (χ2n) is 8.33. The van der Waals surface area contributed by atoms with Crippen LogP contribution < -0.4 is 10.6 Å². The molecule has 146 valence electrons. The number of aryl methyl sites for hydroxylation is 1. The molecule has 1 aliphatic carbocycles. The van der Waals surface area contributed by atoms with Crippen molar-refractivity contribution >= 4 is 0 Å². The van der Waals surface area contributed by atoms with Crippen molar-refractivity contribution in [1.29, 1.82) is 0 Å². The van der Waals surface area contributed by atoms with E-state index in [2.05, 4.69) is 22.6 Å². The number of hydrogen-bond donors (Lipinski definition) is 2. The quantitative estimate of drug-likeness (QED) is 0.865. The Kier molecular flexibility index (Phi) is 7.04. The summed E-state index contributed by atoms with van der Waals surface area (Å²) in [6.07, 6.45) is 3.95. The normalized spacial score (nSPS) is 34.2. The molecule has 1 aromatic rings. The molecule has 26 heavy (non-hydrogen) atoms. The maximum absolute atomic E-state index is 12.1. The molecule has 4 rings (SSSR count). The molecular formula is C21H34FN3O. The van der Waals surface area contributed by atoms with Gasteiger partial charge in [-0.05, 0) is 64.3 Å².